The first-order valence-electron chi connectivity index (χ1n) is 4.89. The summed E-state index contributed by atoms with van der Waals surface area (Å²) in [6.07, 6.45) is 6.78. The maximum absolute atomic E-state index is 13.5. The lowest BCUT2D eigenvalue weighted by Crippen LogP contribution is -2.14. The predicted octanol–water partition coefficient (Wildman–Crippen LogP) is 3.53. The van der Waals surface area contributed by atoms with E-state index < -0.39 is 17.7 Å². The summed E-state index contributed by atoms with van der Waals surface area (Å²) in [5.41, 5.74) is 5.65. The molecule has 0 saturated carbocycles. The molecule has 2 N–H and O–H groups in total. The first kappa shape index (κ1) is 13.1. The summed E-state index contributed by atoms with van der Waals surface area (Å²) in [5, 5.41) is 0. The van der Waals surface area contributed by atoms with E-state index in [9.17, 15) is 8.78 Å². The van der Waals surface area contributed by atoms with Crippen LogP contribution in [0.1, 0.15) is 30.9 Å². The molecule has 0 aliphatic carbocycles. The molecule has 1 rings (SSSR count). The fourth-order valence-corrected chi connectivity index (χ4v) is 1.88. The van der Waals surface area contributed by atoms with Crippen LogP contribution in [0, 0.1) is 24.0 Å². The summed E-state index contributed by atoms with van der Waals surface area (Å²) in [4.78, 5) is 0. The highest BCUT2D eigenvalue weighted by Gasteiger charge is 2.17. The molecule has 4 heteroatoms. The van der Waals surface area contributed by atoms with Crippen molar-refractivity contribution in [2.24, 2.45) is 5.73 Å². The number of rotatable bonds is 4. The number of benzene rings is 1. The third-order valence-corrected chi connectivity index (χ3v) is 2.71. The molecule has 0 heterocycles. The molecule has 0 spiro atoms. The summed E-state index contributed by atoms with van der Waals surface area (Å²) in [5.74, 6) is 1.21. The second kappa shape index (κ2) is 5.97. The quantitative estimate of drug-likeness (QED) is 0.665. The van der Waals surface area contributed by atoms with E-state index in [1.807, 2.05) is 0 Å². The van der Waals surface area contributed by atoms with Crippen molar-refractivity contribution in [1.82, 2.24) is 0 Å². The van der Waals surface area contributed by atoms with E-state index >= 15 is 0 Å². The lowest BCUT2D eigenvalue weighted by Gasteiger charge is -2.13. The van der Waals surface area contributed by atoms with Gasteiger partial charge in [0, 0.05) is 22.5 Å². The molecule has 16 heavy (non-hydrogen) atoms. The summed E-state index contributed by atoms with van der Waals surface area (Å²) in [6.45, 7) is 0. The molecular weight excluding hydrogens is 276 g/mol. The van der Waals surface area contributed by atoms with Crippen LogP contribution < -0.4 is 5.73 Å². The number of halogens is 3. The summed E-state index contributed by atoms with van der Waals surface area (Å²) in [7, 11) is 0. The van der Waals surface area contributed by atoms with Crippen molar-refractivity contribution < 1.29 is 8.78 Å². The van der Waals surface area contributed by atoms with Gasteiger partial charge in [0.25, 0.3) is 0 Å². The Labute approximate surface area is 102 Å². The van der Waals surface area contributed by atoms with Crippen molar-refractivity contribution in [1.29, 1.82) is 0 Å². The highest BCUT2D eigenvalue weighted by atomic mass is 79.9. The predicted molar refractivity (Wildman–Crippen MR) is 63.7 cm³/mol. The van der Waals surface area contributed by atoms with Gasteiger partial charge in [0.05, 0.1) is 0 Å². The number of hydrogen-bond acceptors (Lipinski definition) is 1. The number of hydrogen-bond donors (Lipinski definition) is 1. The Morgan fingerprint density at radius 3 is 2.44 bits per heavy atom. The molecule has 1 nitrogen and oxygen atoms in total. The van der Waals surface area contributed by atoms with Crippen LogP contribution in [0.2, 0.25) is 0 Å². The van der Waals surface area contributed by atoms with Gasteiger partial charge in [-0.1, -0.05) is 15.9 Å². The minimum absolute atomic E-state index is 0.0692. The average molecular weight is 288 g/mol. The zero-order chi connectivity index (χ0) is 12.1. The first-order valence-corrected chi connectivity index (χ1v) is 5.69. The Kier molecular flexibility index (Phi) is 4.91. The third-order valence-electron chi connectivity index (χ3n) is 2.25. The standard InChI is InChI=1S/C12H12BrF2N/c1-2-3-4-5-11(16)12-9(14)6-8(13)7-10(12)15/h1,6-7,11H,3-5,16H2. The lowest BCUT2D eigenvalue weighted by molar-refractivity contribution is 0.505. The summed E-state index contributed by atoms with van der Waals surface area (Å²) in [6, 6.07) is 1.76. The van der Waals surface area contributed by atoms with Gasteiger partial charge >= 0.3 is 0 Å². The van der Waals surface area contributed by atoms with E-state index in [1.54, 1.807) is 0 Å². The fraction of sp³-hybridized carbons (Fsp3) is 0.333. The Morgan fingerprint density at radius 2 is 1.94 bits per heavy atom. The molecule has 0 amide bonds. The zero-order valence-electron chi connectivity index (χ0n) is 8.64. The van der Waals surface area contributed by atoms with Gasteiger partial charge in [-0.25, -0.2) is 8.78 Å². The zero-order valence-corrected chi connectivity index (χ0v) is 10.2. The second-order valence-electron chi connectivity index (χ2n) is 3.49. The maximum atomic E-state index is 13.5. The van der Waals surface area contributed by atoms with Crippen LogP contribution in [-0.2, 0) is 0 Å². The molecule has 0 radical (unpaired) electrons. The van der Waals surface area contributed by atoms with Gasteiger partial charge in [-0.05, 0) is 25.0 Å². The SMILES string of the molecule is C#CCCCC(N)c1c(F)cc(Br)cc1F. The molecule has 0 saturated heterocycles. The van der Waals surface area contributed by atoms with Gasteiger partial charge in [-0.3, -0.25) is 0 Å². The van der Waals surface area contributed by atoms with Crippen molar-refractivity contribution in [3.63, 3.8) is 0 Å². The average Bonchev–Trinajstić information content (AvgIpc) is 2.16. The van der Waals surface area contributed by atoms with Gasteiger partial charge in [-0.2, -0.15) is 0 Å². The van der Waals surface area contributed by atoms with Gasteiger partial charge < -0.3 is 5.73 Å². The number of nitrogens with two attached hydrogens (primary N) is 1. The van der Waals surface area contributed by atoms with Crippen LogP contribution in [0.3, 0.4) is 0 Å². The van der Waals surface area contributed by atoms with E-state index in [1.165, 1.54) is 12.1 Å². The molecule has 1 aromatic carbocycles. The van der Waals surface area contributed by atoms with E-state index in [0.717, 1.165) is 0 Å². The molecule has 0 bridgehead atoms. The topological polar surface area (TPSA) is 26.0 Å². The van der Waals surface area contributed by atoms with Crippen LogP contribution in [0.4, 0.5) is 8.78 Å². The summed E-state index contributed by atoms with van der Waals surface area (Å²) < 4.78 is 27.3. The molecule has 0 aliphatic rings. The van der Waals surface area contributed by atoms with E-state index in [2.05, 4.69) is 21.9 Å². The normalized spacial score (nSPS) is 12.2. The molecular formula is C12H12BrF2N. The smallest absolute Gasteiger partial charge is 0.132 e. The summed E-state index contributed by atoms with van der Waals surface area (Å²) >= 11 is 3.01. The Morgan fingerprint density at radius 1 is 1.38 bits per heavy atom. The minimum Gasteiger partial charge on any atom is -0.324 e. The van der Waals surface area contributed by atoms with Crippen molar-refractivity contribution in [3.05, 3.63) is 33.8 Å². The monoisotopic (exact) mass is 287 g/mol. The highest BCUT2D eigenvalue weighted by Crippen LogP contribution is 2.26. The minimum atomic E-state index is -0.651. The lowest BCUT2D eigenvalue weighted by atomic mass is 10.0. The van der Waals surface area contributed by atoms with Crippen LogP contribution in [0.5, 0.6) is 0 Å². The van der Waals surface area contributed by atoms with E-state index in [-0.39, 0.29) is 5.56 Å². The van der Waals surface area contributed by atoms with Crippen molar-refractivity contribution in [2.45, 2.75) is 25.3 Å². The van der Waals surface area contributed by atoms with Crippen molar-refractivity contribution in [2.75, 3.05) is 0 Å². The Bertz CT molecular complexity index is 389. The van der Waals surface area contributed by atoms with Gasteiger partial charge in [-0.15, -0.1) is 12.3 Å². The van der Waals surface area contributed by atoms with Crippen LogP contribution in [0.25, 0.3) is 0 Å². The fourth-order valence-electron chi connectivity index (χ4n) is 1.48. The molecule has 1 atom stereocenters. The highest BCUT2D eigenvalue weighted by molar-refractivity contribution is 9.10. The van der Waals surface area contributed by atoms with Crippen LogP contribution >= 0.6 is 15.9 Å². The van der Waals surface area contributed by atoms with Gasteiger partial charge in [0.1, 0.15) is 11.6 Å². The molecule has 0 aromatic heterocycles. The largest absolute Gasteiger partial charge is 0.324 e. The Hall–Kier alpha value is -0.920. The second-order valence-corrected chi connectivity index (χ2v) is 4.40. The van der Waals surface area contributed by atoms with Crippen molar-refractivity contribution in [3.8, 4) is 12.3 Å². The van der Waals surface area contributed by atoms with Crippen LogP contribution in [-0.4, -0.2) is 0 Å². The number of unbranched alkanes of at least 4 members (excludes halogenated alkanes) is 1. The maximum Gasteiger partial charge on any atom is 0.132 e. The molecule has 0 fully saturated rings. The molecule has 86 valence electrons. The third kappa shape index (κ3) is 3.29. The molecule has 0 aliphatic heterocycles. The van der Waals surface area contributed by atoms with Gasteiger partial charge in [0.15, 0.2) is 0 Å². The molecule has 1 aromatic rings. The van der Waals surface area contributed by atoms with Crippen molar-refractivity contribution >= 4 is 15.9 Å². The first-order chi connectivity index (χ1) is 7.56. The van der Waals surface area contributed by atoms with Crippen LogP contribution in [0.15, 0.2) is 16.6 Å². The van der Waals surface area contributed by atoms with E-state index in [4.69, 9.17) is 12.2 Å². The molecule has 1 unspecified atom stereocenters. The van der Waals surface area contributed by atoms with Gasteiger partial charge in [0.2, 0.25) is 0 Å². The Balaban J connectivity index is 2.83. The number of terminal acetylenes is 1. The van der Waals surface area contributed by atoms with E-state index in [0.29, 0.717) is 23.7 Å².